The molecule has 0 saturated carbocycles. The number of carbonyl (C=O) groups excluding carboxylic acids is 2. The van der Waals surface area contributed by atoms with Crippen LogP contribution in [0.2, 0.25) is 0 Å². The molecule has 0 radical (unpaired) electrons. The van der Waals surface area contributed by atoms with Crippen LogP contribution in [0.4, 0.5) is 5.00 Å². The summed E-state index contributed by atoms with van der Waals surface area (Å²) in [6, 6.07) is 11.3. The molecular formula is C21H20BrNO4S. The van der Waals surface area contributed by atoms with Crippen LogP contribution in [0.25, 0.3) is 11.1 Å². The van der Waals surface area contributed by atoms with E-state index < -0.39 is 11.9 Å². The number of halogens is 1. The molecule has 3 rings (SSSR count). The first-order chi connectivity index (χ1) is 13.4. The third kappa shape index (κ3) is 4.36. The molecule has 0 aliphatic rings. The Morgan fingerprint density at radius 3 is 2.46 bits per heavy atom. The first-order valence-corrected chi connectivity index (χ1v) is 10.5. The fourth-order valence-corrected chi connectivity index (χ4v) is 3.98. The van der Waals surface area contributed by atoms with Gasteiger partial charge < -0.3 is 14.5 Å². The van der Waals surface area contributed by atoms with Gasteiger partial charge >= 0.3 is 5.97 Å². The zero-order valence-corrected chi connectivity index (χ0v) is 18.1. The van der Waals surface area contributed by atoms with Crippen molar-refractivity contribution < 1.29 is 18.7 Å². The maximum absolute atomic E-state index is 12.6. The Balaban J connectivity index is 1.97. The lowest BCUT2D eigenvalue weighted by atomic mass is 9.98. The molecule has 1 aromatic carbocycles. The Hall–Kier alpha value is -2.38. The summed E-state index contributed by atoms with van der Waals surface area (Å²) in [7, 11) is 0. The Labute approximate surface area is 175 Å². The van der Waals surface area contributed by atoms with Crippen molar-refractivity contribution in [3.63, 3.8) is 0 Å². The number of amides is 1. The molecule has 28 heavy (non-hydrogen) atoms. The summed E-state index contributed by atoms with van der Waals surface area (Å²) >= 11 is 4.46. The third-order valence-corrected chi connectivity index (χ3v) is 5.50. The molecule has 0 spiro atoms. The van der Waals surface area contributed by atoms with Gasteiger partial charge in [-0.05, 0) is 52.0 Å². The Morgan fingerprint density at radius 2 is 1.89 bits per heavy atom. The number of nitrogens with one attached hydrogen (secondary N) is 1. The molecule has 2 heterocycles. The van der Waals surface area contributed by atoms with E-state index in [4.69, 9.17) is 9.15 Å². The number of esters is 1. The van der Waals surface area contributed by atoms with Crippen molar-refractivity contribution in [2.24, 2.45) is 0 Å². The van der Waals surface area contributed by atoms with E-state index in [0.29, 0.717) is 21.2 Å². The van der Waals surface area contributed by atoms with Crippen LogP contribution < -0.4 is 5.32 Å². The lowest BCUT2D eigenvalue weighted by Crippen LogP contribution is -2.14. The normalized spacial score (nSPS) is 10.9. The van der Waals surface area contributed by atoms with Crippen molar-refractivity contribution in [1.29, 1.82) is 0 Å². The van der Waals surface area contributed by atoms with E-state index in [-0.39, 0.29) is 12.4 Å². The van der Waals surface area contributed by atoms with Crippen LogP contribution in [0.3, 0.4) is 0 Å². The molecule has 2 aromatic heterocycles. The highest BCUT2D eigenvalue weighted by molar-refractivity contribution is 9.10. The van der Waals surface area contributed by atoms with E-state index >= 15 is 0 Å². The molecule has 5 nitrogen and oxygen atoms in total. The minimum absolute atomic E-state index is 0.151. The van der Waals surface area contributed by atoms with Crippen molar-refractivity contribution in [1.82, 2.24) is 0 Å². The highest BCUT2D eigenvalue weighted by Gasteiger charge is 2.24. The van der Waals surface area contributed by atoms with Gasteiger partial charge in [-0.15, -0.1) is 11.3 Å². The average molecular weight is 462 g/mol. The fourth-order valence-electron chi connectivity index (χ4n) is 2.72. The number of ether oxygens (including phenoxy) is 1. The maximum atomic E-state index is 12.6. The van der Waals surface area contributed by atoms with E-state index in [1.807, 2.05) is 29.6 Å². The molecule has 0 bridgehead atoms. The van der Waals surface area contributed by atoms with E-state index in [1.54, 1.807) is 19.1 Å². The van der Waals surface area contributed by atoms with Gasteiger partial charge in [-0.3, -0.25) is 4.79 Å². The predicted octanol–water partition coefficient (Wildman–Crippen LogP) is 6.32. The third-order valence-electron chi connectivity index (χ3n) is 4.18. The molecule has 146 valence electrons. The highest BCUT2D eigenvalue weighted by atomic mass is 79.9. The quantitative estimate of drug-likeness (QED) is 0.435. The SMILES string of the molecule is CCOC(=O)c1c(-c2ccc(C(C)C)cc2)csc1NC(=O)c1ccc(Br)o1. The number of carbonyl (C=O) groups is 2. The van der Waals surface area contributed by atoms with Gasteiger partial charge in [0.15, 0.2) is 10.4 Å². The molecule has 0 saturated heterocycles. The van der Waals surface area contributed by atoms with Gasteiger partial charge in [-0.2, -0.15) is 0 Å². The second-order valence-electron chi connectivity index (χ2n) is 6.41. The van der Waals surface area contributed by atoms with E-state index in [1.165, 1.54) is 16.9 Å². The van der Waals surface area contributed by atoms with Crippen LogP contribution in [0.1, 0.15) is 53.2 Å². The van der Waals surface area contributed by atoms with Gasteiger partial charge in [0.05, 0.1) is 6.61 Å². The molecule has 3 aromatic rings. The number of benzene rings is 1. The number of furan rings is 1. The van der Waals surface area contributed by atoms with E-state index in [9.17, 15) is 9.59 Å². The smallest absolute Gasteiger partial charge is 0.341 e. The van der Waals surface area contributed by atoms with Crippen LogP contribution in [0.5, 0.6) is 0 Å². The Morgan fingerprint density at radius 1 is 1.18 bits per heavy atom. The highest BCUT2D eigenvalue weighted by Crippen LogP contribution is 2.37. The molecule has 1 N–H and O–H groups in total. The van der Waals surface area contributed by atoms with Crippen molar-refractivity contribution in [2.45, 2.75) is 26.7 Å². The molecule has 0 fully saturated rings. The van der Waals surface area contributed by atoms with Gasteiger partial charge in [0.1, 0.15) is 10.6 Å². The number of hydrogen-bond donors (Lipinski definition) is 1. The van der Waals surface area contributed by atoms with Crippen LogP contribution in [0.15, 0.2) is 50.9 Å². The standard InChI is InChI=1S/C21H20BrNO4S/c1-4-26-21(25)18-15(14-7-5-13(6-8-14)12(2)3)11-28-20(18)23-19(24)16-9-10-17(22)27-16/h5-12H,4H2,1-3H3,(H,23,24). The summed E-state index contributed by atoms with van der Waals surface area (Å²) in [5.74, 6) is -0.330. The van der Waals surface area contributed by atoms with E-state index in [0.717, 1.165) is 11.1 Å². The molecule has 0 unspecified atom stereocenters. The topological polar surface area (TPSA) is 68.5 Å². The summed E-state index contributed by atoms with van der Waals surface area (Å²) in [5, 5.41) is 5.04. The summed E-state index contributed by atoms with van der Waals surface area (Å²) in [4.78, 5) is 25.1. The largest absolute Gasteiger partial charge is 0.462 e. The number of rotatable bonds is 6. The monoisotopic (exact) mass is 461 g/mol. The average Bonchev–Trinajstić information content (AvgIpc) is 3.28. The van der Waals surface area contributed by atoms with Gasteiger partial charge in [0.25, 0.3) is 5.91 Å². The van der Waals surface area contributed by atoms with Gasteiger partial charge in [-0.25, -0.2) is 4.79 Å². The predicted molar refractivity (Wildman–Crippen MR) is 114 cm³/mol. The fraction of sp³-hybridized carbons (Fsp3) is 0.238. The van der Waals surface area contributed by atoms with Gasteiger partial charge in [0, 0.05) is 10.9 Å². The maximum Gasteiger partial charge on any atom is 0.341 e. The number of thiophene rings is 1. The minimum Gasteiger partial charge on any atom is -0.462 e. The molecular weight excluding hydrogens is 442 g/mol. The van der Waals surface area contributed by atoms with Crippen molar-refractivity contribution in [2.75, 3.05) is 11.9 Å². The Bertz CT molecular complexity index is 988. The van der Waals surface area contributed by atoms with Crippen LogP contribution in [0, 0.1) is 0 Å². The first-order valence-electron chi connectivity index (χ1n) is 8.86. The lowest BCUT2D eigenvalue weighted by molar-refractivity contribution is 0.0529. The van der Waals surface area contributed by atoms with Crippen LogP contribution in [-0.4, -0.2) is 18.5 Å². The zero-order valence-electron chi connectivity index (χ0n) is 15.7. The minimum atomic E-state index is -0.470. The van der Waals surface area contributed by atoms with Gasteiger partial charge in [-0.1, -0.05) is 38.1 Å². The first kappa shape index (κ1) is 20.4. The molecule has 0 aliphatic carbocycles. The summed E-state index contributed by atoms with van der Waals surface area (Å²) < 4.78 is 11.0. The van der Waals surface area contributed by atoms with E-state index in [2.05, 4.69) is 35.1 Å². The second-order valence-corrected chi connectivity index (χ2v) is 8.07. The van der Waals surface area contributed by atoms with Crippen LogP contribution >= 0.6 is 27.3 Å². The number of anilines is 1. The zero-order chi connectivity index (χ0) is 20.3. The summed E-state index contributed by atoms with van der Waals surface area (Å²) in [5.41, 5.74) is 3.19. The van der Waals surface area contributed by atoms with Crippen molar-refractivity contribution in [3.05, 3.63) is 63.3 Å². The molecule has 7 heteroatoms. The van der Waals surface area contributed by atoms with Crippen molar-refractivity contribution >= 4 is 44.1 Å². The molecule has 0 atom stereocenters. The lowest BCUT2D eigenvalue weighted by Gasteiger charge is -2.10. The van der Waals surface area contributed by atoms with Crippen molar-refractivity contribution in [3.8, 4) is 11.1 Å². The van der Waals surface area contributed by atoms with Crippen LogP contribution in [-0.2, 0) is 4.74 Å². The number of hydrogen-bond acceptors (Lipinski definition) is 5. The van der Waals surface area contributed by atoms with Gasteiger partial charge in [0.2, 0.25) is 0 Å². The summed E-state index contributed by atoms with van der Waals surface area (Å²) in [6.45, 7) is 6.26. The second kappa shape index (κ2) is 8.75. The molecule has 1 amide bonds. The summed E-state index contributed by atoms with van der Waals surface area (Å²) in [6.07, 6.45) is 0. The molecule has 0 aliphatic heterocycles. The Kier molecular flexibility index (Phi) is 6.36.